The van der Waals surface area contributed by atoms with Crippen LogP contribution in [0, 0.1) is 5.92 Å². The summed E-state index contributed by atoms with van der Waals surface area (Å²) in [5.74, 6) is 1.63. The van der Waals surface area contributed by atoms with Gasteiger partial charge in [0.15, 0.2) is 0 Å². The van der Waals surface area contributed by atoms with Gasteiger partial charge in [0.2, 0.25) is 0 Å². The Labute approximate surface area is 182 Å². The van der Waals surface area contributed by atoms with Crippen LogP contribution in [0.25, 0.3) is 0 Å². The van der Waals surface area contributed by atoms with Gasteiger partial charge in [-0.2, -0.15) is 0 Å². The van der Waals surface area contributed by atoms with Crippen LogP contribution in [0.3, 0.4) is 0 Å². The Morgan fingerprint density at radius 2 is 2.10 bits per heavy atom. The average molecular weight is 417 g/mol. The van der Waals surface area contributed by atoms with Crippen molar-refractivity contribution < 1.29 is 14.6 Å². The molecule has 1 saturated heterocycles. The summed E-state index contributed by atoms with van der Waals surface area (Å²) in [6.45, 7) is 7.29. The van der Waals surface area contributed by atoms with Gasteiger partial charge in [0.1, 0.15) is 5.75 Å². The number of aliphatic hydroxyl groups is 1. The number of methoxy groups -OCH3 is 1. The normalized spacial score (nSPS) is 30.6. The zero-order valence-electron chi connectivity index (χ0n) is 19.1. The van der Waals surface area contributed by atoms with Crippen LogP contribution in [-0.2, 0) is 16.6 Å². The zero-order valence-corrected chi connectivity index (χ0v) is 19.1. The molecule has 1 unspecified atom stereocenters. The molecule has 2 aliphatic carbocycles. The zero-order chi connectivity index (χ0) is 21.1. The lowest BCUT2D eigenvalue weighted by molar-refractivity contribution is -0.00600. The second kappa shape index (κ2) is 9.56. The quantitative estimate of drug-likeness (QED) is 0.740. The molecule has 30 heavy (non-hydrogen) atoms. The molecule has 4 rings (SSSR count). The van der Waals surface area contributed by atoms with Crippen LogP contribution in [0.5, 0.6) is 5.75 Å². The number of β-amino-alcohol motifs (C(OH)–C–C–N with tert-alkyl or cyclic N) is 1. The third-order valence-corrected chi connectivity index (χ3v) is 8.11. The van der Waals surface area contributed by atoms with Crippen molar-refractivity contribution in [2.75, 3.05) is 53.6 Å². The topological polar surface area (TPSA) is 45.2 Å². The van der Waals surface area contributed by atoms with E-state index < -0.39 is 0 Å². The number of hydrogen-bond donors (Lipinski definition) is 1. The van der Waals surface area contributed by atoms with Crippen LogP contribution < -0.4 is 4.74 Å². The van der Waals surface area contributed by atoms with Gasteiger partial charge in [-0.3, -0.25) is 4.90 Å². The SMILES string of the molecule is CC[C@@]12CCCC[C@@H]1[C@@H](N(C)CC(O)CN1CCOCC1)Cc1ccc(OC)cc12. The molecular weight excluding hydrogens is 376 g/mol. The highest BCUT2D eigenvalue weighted by Crippen LogP contribution is 2.53. The maximum Gasteiger partial charge on any atom is 0.119 e. The number of benzene rings is 1. The highest BCUT2D eigenvalue weighted by Gasteiger charge is 2.49. The van der Waals surface area contributed by atoms with Gasteiger partial charge in [0, 0.05) is 32.2 Å². The van der Waals surface area contributed by atoms with E-state index in [4.69, 9.17) is 9.47 Å². The van der Waals surface area contributed by atoms with Crippen molar-refractivity contribution in [2.24, 2.45) is 5.92 Å². The van der Waals surface area contributed by atoms with Gasteiger partial charge in [-0.05, 0) is 67.3 Å². The molecule has 5 heteroatoms. The van der Waals surface area contributed by atoms with Crippen molar-refractivity contribution >= 4 is 0 Å². The molecule has 3 aliphatic rings. The van der Waals surface area contributed by atoms with Crippen molar-refractivity contribution in [2.45, 2.75) is 63.0 Å². The number of fused-ring (bicyclic) bond motifs is 3. The van der Waals surface area contributed by atoms with E-state index in [0.29, 0.717) is 12.0 Å². The Bertz CT molecular complexity index is 706. The Hall–Kier alpha value is -1.14. The molecule has 1 heterocycles. The molecule has 0 aromatic heterocycles. The largest absolute Gasteiger partial charge is 0.497 e. The maximum atomic E-state index is 10.8. The van der Waals surface area contributed by atoms with Crippen molar-refractivity contribution in [3.05, 3.63) is 29.3 Å². The maximum absolute atomic E-state index is 10.8. The number of rotatable bonds is 7. The van der Waals surface area contributed by atoms with Gasteiger partial charge in [0.25, 0.3) is 0 Å². The van der Waals surface area contributed by atoms with Crippen molar-refractivity contribution in [1.29, 1.82) is 0 Å². The van der Waals surface area contributed by atoms with Crippen LogP contribution in [-0.4, -0.2) is 80.6 Å². The first kappa shape index (κ1) is 22.1. The van der Waals surface area contributed by atoms with E-state index in [1.807, 2.05) is 0 Å². The predicted octanol–water partition coefficient (Wildman–Crippen LogP) is 3.08. The highest BCUT2D eigenvalue weighted by atomic mass is 16.5. The molecule has 5 nitrogen and oxygen atoms in total. The van der Waals surface area contributed by atoms with E-state index >= 15 is 0 Å². The molecule has 0 bridgehead atoms. The number of ether oxygens (including phenoxy) is 2. The minimum Gasteiger partial charge on any atom is -0.497 e. The number of aliphatic hydroxyl groups excluding tert-OH is 1. The van der Waals surface area contributed by atoms with E-state index in [1.165, 1.54) is 43.2 Å². The summed E-state index contributed by atoms with van der Waals surface area (Å²) in [5, 5.41) is 10.8. The van der Waals surface area contributed by atoms with Crippen LogP contribution in [0.15, 0.2) is 18.2 Å². The summed E-state index contributed by atoms with van der Waals surface area (Å²) in [4.78, 5) is 4.81. The first-order valence-corrected chi connectivity index (χ1v) is 11.9. The number of nitrogens with zero attached hydrogens (tertiary/aromatic N) is 2. The summed E-state index contributed by atoms with van der Waals surface area (Å²) >= 11 is 0. The summed E-state index contributed by atoms with van der Waals surface area (Å²) in [6.07, 6.45) is 7.15. The van der Waals surface area contributed by atoms with Gasteiger partial charge in [-0.1, -0.05) is 25.8 Å². The smallest absolute Gasteiger partial charge is 0.119 e. The first-order chi connectivity index (χ1) is 14.6. The molecule has 0 radical (unpaired) electrons. The summed E-state index contributed by atoms with van der Waals surface area (Å²) in [7, 11) is 4.00. The fourth-order valence-corrected chi connectivity index (χ4v) is 6.55. The second-order valence-electron chi connectivity index (χ2n) is 9.66. The second-order valence-corrected chi connectivity index (χ2v) is 9.66. The summed E-state index contributed by atoms with van der Waals surface area (Å²) in [6, 6.07) is 7.23. The van der Waals surface area contributed by atoms with Gasteiger partial charge in [0.05, 0.1) is 26.4 Å². The van der Waals surface area contributed by atoms with Crippen LogP contribution in [0.4, 0.5) is 0 Å². The fraction of sp³-hybridized carbons (Fsp3) is 0.760. The monoisotopic (exact) mass is 416 g/mol. The minimum atomic E-state index is -0.315. The third-order valence-electron chi connectivity index (χ3n) is 8.11. The van der Waals surface area contributed by atoms with Gasteiger partial charge in [-0.25, -0.2) is 0 Å². The fourth-order valence-electron chi connectivity index (χ4n) is 6.55. The predicted molar refractivity (Wildman–Crippen MR) is 120 cm³/mol. The van der Waals surface area contributed by atoms with Crippen LogP contribution in [0.2, 0.25) is 0 Å². The Kier molecular flexibility index (Phi) is 7.03. The van der Waals surface area contributed by atoms with Gasteiger partial charge >= 0.3 is 0 Å². The molecule has 1 saturated carbocycles. The van der Waals surface area contributed by atoms with E-state index in [1.54, 1.807) is 7.11 Å². The van der Waals surface area contributed by atoms with Crippen LogP contribution >= 0.6 is 0 Å². The molecule has 168 valence electrons. The molecular formula is C25H40N2O3. The van der Waals surface area contributed by atoms with Gasteiger partial charge in [-0.15, -0.1) is 0 Å². The number of morpholine rings is 1. The molecule has 1 aromatic rings. The molecule has 2 fully saturated rings. The van der Waals surface area contributed by atoms with Crippen LogP contribution in [0.1, 0.15) is 50.2 Å². The standard InChI is InChI=1S/C25H40N2O3/c1-4-25-10-6-5-7-22(25)24(15-19-8-9-21(29-3)16-23(19)25)26(2)17-20(28)18-27-11-13-30-14-12-27/h8-9,16,20,22,24,28H,4-7,10-15,17-18H2,1-3H3/t20?,22-,24+,25-/m1/s1. The average Bonchev–Trinajstić information content (AvgIpc) is 2.78. The summed E-state index contributed by atoms with van der Waals surface area (Å²) in [5.41, 5.74) is 3.26. The molecule has 1 aromatic carbocycles. The molecule has 1 N–H and O–H groups in total. The molecule has 4 atom stereocenters. The molecule has 0 spiro atoms. The van der Waals surface area contributed by atoms with Crippen molar-refractivity contribution in [3.8, 4) is 5.75 Å². The lowest BCUT2D eigenvalue weighted by atomic mass is 9.54. The van der Waals surface area contributed by atoms with E-state index in [0.717, 1.165) is 51.6 Å². The highest BCUT2D eigenvalue weighted by molar-refractivity contribution is 5.44. The number of likely N-dealkylation sites (N-methyl/N-ethyl adjacent to an activating group) is 1. The van der Waals surface area contributed by atoms with Crippen molar-refractivity contribution in [3.63, 3.8) is 0 Å². The third kappa shape index (κ3) is 4.27. The van der Waals surface area contributed by atoms with E-state index in [9.17, 15) is 5.11 Å². The summed E-state index contributed by atoms with van der Waals surface area (Å²) < 4.78 is 11.0. The van der Waals surface area contributed by atoms with E-state index in [-0.39, 0.29) is 11.5 Å². The lowest BCUT2D eigenvalue weighted by Gasteiger charge is -2.54. The Morgan fingerprint density at radius 1 is 1.30 bits per heavy atom. The van der Waals surface area contributed by atoms with Crippen molar-refractivity contribution in [1.82, 2.24) is 9.80 Å². The lowest BCUT2D eigenvalue weighted by Crippen LogP contribution is -2.56. The van der Waals surface area contributed by atoms with Gasteiger partial charge < -0.3 is 19.5 Å². The number of hydrogen-bond acceptors (Lipinski definition) is 5. The Balaban J connectivity index is 1.54. The molecule has 1 aliphatic heterocycles. The Morgan fingerprint density at radius 3 is 2.83 bits per heavy atom. The minimum absolute atomic E-state index is 0.245. The molecule has 0 amide bonds. The van der Waals surface area contributed by atoms with E-state index in [2.05, 4.69) is 42.0 Å². The first-order valence-electron chi connectivity index (χ1n) is 11.9.